The summed E-state index contributed by atoms with van der Waals surface area (Å²) >= 11 is 6.12. The van der Waals surface area contributed by atoms with E-state index in [1.165, 1.54) is 0 Å². The summed E-state index contributed by atoms with van der Waals surface area (Å²) in [6.45, 7) is 0.870. The van der Waals surface area contributed by atoms with Gasteiger partial charge in [0, 0.05) is 18.0 Å². The van der Waals surface area contributed by atoms with E-state index in [-0.39, 0.29) is 5.56 Å². The number of aromatic amines is 1. The zero-order valence-corrected chi connectivity index (χ0v) is 11.1. The van der Waals surface area contributed by atoms with Gasteiger partial charge in [-0.2, -0.15) is 0 Å². The van der Waals surface area contributed by atoms with Crippen molar-refractivity contribution < 1.29 is 0 Å². The Bertz CT molecular complexity index is 666. The molecule has 0 atom stereocenters. The maximum Gasteiger partial charge on any atom is 0.256 e. The van der Waals surface area contributed by atoms with Gasteiger partial charge in [-0.3, -0.25) is 4.79 Å². The minimum atomic E-state index is -0.0424. The van der Waals surface area contributed by atoms with Gasteiger partial charge >= 0.3 is 0 Å². The van der Waals surface area contributed by atoms with Gasteiger partial charge in [-0.1, -0.05) is 29.8 Å². The standard InChI is InChI=1S/C14H14ClN3O/c15-11-6-2-1-4-9(11)8-12-17-13-10(14(19)18-12)5-3-7-16-13/h1-2,4,6H,3,5,7-8H2,(H2,16,17,18,19). The average molecular weight is 276 g/mol. The van der Waals surface area contributed by atoms with E-state index in [0.717, 1.165) is 36.3 Å². The first-order valence-electron chi connectivity index (χ1n) is 6.33. The molecule has 2 aromatic rings. The van der Waals surface area contributed by atoms with E-state index >= 15 is 0 Å². The molecule has 0 spiro atoms. The monoisotopic (exact) mass is 275 g/mol. The number of nitrogens with one attached hydrogen (secondary N) is 2. The van der Waals surface area contributed by atoms with Gasteiger partial charge in [0.25, 0.3) is 5.56 Å². The number of fused-ring (bicyclic) bond motifs is 1. The largest absolute Gasteiger partial charge is 0.370 e. The fourth-order valence-corrected chi connectivity index (χ4v) is 2.50. The molecule has 0 aliphatic carbocycles. The summed E-state index contributed by atoms with van der Waals surface area (Å²) in [5.41, 5.74) is 1.68. The molecule has 0 amide bonds. The van der Waals surface area contributed by atoms with E-state index < -0.39 is 0 Å². The Balaban J connectivity index is 1.96. The van der Waals surface area contributed by atoms with Crippen molar-refractivity contribution in [1.82, 2.24) is 9.97 Å². The van der Waals surface area contributed by atoms with Crippen LogP contribution in [0.5, 0.6) is 0 Å². The zero-order chi connectivity index (χ0) is 13.2. The number of anilines is 1. The molecule has 0 saturated heterocycles. The van der Waals surface area contributed by atoms with Crippen molar-refractivity contribution in [2.45, 2.75) is 19.3 Å². The van der Waals surface area contributed by atoms with E-state index in [4.69, 9.17) is 11.6 Å². The fraction of sp³-hybridized carbons (Fsp3) is 0.286. The van der Waals surface area contributed by atoms with Crippen LogP contribution in [0, 0.1) is 0 Å². The minimum Gasteiger partial charge on any atom is -0.370 e. The lowest BCUT2D eigenvalue weighted by atomic mass is 10.1. The molecule has 0 saturated carbocycles. The highest BCUT2D eigenvalue weighted by Gasteiger charge is 2.15. The van der Waals surface area contributed by atoms with Crippen molar-refractivity contribution in [2.75, 3.05) is 11.9 Å². The number of rotatable bonds is 2. The molecule has 4 nitrogen and oxygen atoms in total. The molecule has 19 heavy (non-hydrogen) atoms. The van der Waals surface area contributed by atoms with Crippen LogP contribution in [0.1, 0.15) is 23.4 Å². The van der Waals surface area contributed by atoms with Gasteiger partial charge in [0.2, 0.25) is 0 Å². The summed E-state index contributed by atoms with van der Waals surface area (Å²) in [5.74, 6) is 1.36. The second-order valence-corrected chi connectivity index (χ2v) is 5.05. The van der Waals surface area contributed by atoms with Crippen molar-refractivity contribution in [3.8, 4) is 0 Å². The van der Waals surface area contributed by atoms with Crippen LogP contribution in [0.25, 0.3) is 0 Å². The predicted molar refractivity (Wildman–Crippen MR) is 75.9 cm³/mol. The Morgan fingerprint density at radius 1 is 1.32 bits per heavy atom. The van der Waals surface area contributed by atoms with Crippen LogP contribution in [-0.2, 0) is 12.8 Å². The molecular formula is C14H14ClN3O. The molecule has 98 valence electrons. The predicted octanol–water partition coefficient (Wildman–Crippen LogP) is 2.37. The topological polar surface area (TPSA) is 57.8 Å². The van der Waals surface area contributed by atoms with Gasteiger partial charge in [-0.25, -0.2) is 4.98 Å². The molecular weight excluding hydrogens is 262 g/mol. The van der Waals surface area contributed by atoms with E-state index in [1.807, 2.05) is 24.3 Å². The van der Waals surface area contributed by atoms with Crippen LogP contribution < -0.4 is 10.9 Å². The summed E-state index contributed by atoms with van der Waals surface area (Å²) in [7, 11) is 0. The Morgan fingerprint density at radius 3 is 3.00 bits per heavy atom. The van der Waals surface area contributed by atoms with E-state index in [2.05, 4.69) is 15.3 Å². The molecule has 2 heterocycles. The number of aromatic nitrogens is 2. The highest BCUT2D eigenvalue weighted by atomic mass is 35.5. The maximum absolute atomic E-state index is 12.0. The number of nitrogens with zero attached hydrogens (tertiary/aromatic N) is 1. The van der Waals surface area contributed by atoms with Crippen molar-refractivity contribution in [3.05, 3.63) is 56.6 Å². The Hall–Kier alpha value is -1.81. The highest BCUT2D eigenvalue weighted by Crippen LogP contribution is 2.19. The number of halogens is 1. The van der Waals surface area contributed by atoms with Crippen LogP contribution in [0.4, 0.5) is 5.82 Å². The van der Waals surface area contributed by atoms with Crippen molar-refractivity contribution in [1.29, 1.82) is 0 Å². The first-order chi connectivity index (χ1) is 9.24. The molecule has 1 aliphatic rings. The summed E-state index contributed by atoms with van der Waals surface area (Å²) in [6, 6.07) is 7.59. The molecule has 1 aromatic heterocycles. The van der Waals surface area contributed by atoms with Crippen LogP contribution in [0.15, 0.2) is 29.1 Å². The number of H-pyrrole nitrogens is 1. The second-order valence-electron chi connectivity index (χ2n) is 4.64. The molecule has 0 bridgehead atoms. The molecule has 3 rings (SSSR count). The van der Waals surface area contributed by atoms with Crippen LogP contribution >= 0.6 is 11.6 Å². The molecule has 0 radical (unpaired) electrons. The Labute approximate surface area is 115 Å². The van der Waals surface area contributed by atoms with Crippen molar-refractivity contribution in [2.24, 2.45) is 0 Å². The summed E-state index contributed by atoms with van der Waals surface area (Å²) < 4.78 is 0. The lowest BCUT2D eigenvalue weighted by Gasteiger charge is -2.16. The smallest absolute Gasteiger partial charge is 0.256 e. The summed E-state index contributed by atoms with van der Waals surface area (Å²) in [4.78, 5) is 19.3. The maximum atomic E-state index is 12.0. The van der Waals surface area contributed by atoms with Crippen LogP contribution in [0.2, 0.25) is 5.02 Å². The van der Waals surface area contributed by atoms with E-state index in [1.54, 1.807) is 0 Å². The third kappa shape index (κ3) is 2.49. The lowest BCUT2D eigenvalue weighted by molar-refractivity contribution is 0.783. The quantitative estimate of drug-likeness (QED) is 0.885. The van der Waals surface area contributed by atoms with Gasteiger partial charge in [0.15, 0.2) is 0 Å². The number of hydrogen-bond donors (Lipinski definition) is 2. The first kappa shape index (κ1) is 12.2. The number of hydrogen-bond acceptors (Lipinski definition) is 3. The van der Waals surface area contributed by atoms with Crippen molar-refractivity contribution >= 4 is 17.4 Å². The van der Waals surface area contributed by atoms with Crippen molar-refractivity contribution in [3.63, 3.8) is 0 Å². The van der Waals surface area contributed by atoms with Gasteiger partial charge < -0.3 is 10.3 Å². The zero-order valence-electron chi connectivity index (χ0n) is 10.4. The molecule has 5 heteroatoms. The average Bonchev–Trinajstić information content (AvgIpc) is 2.42. The van der Waals surface area contributed by atoms with Gasteiger partial charge in [0.05, 0.1) is 5.56 Å². The van der Waals surface area contributed by atoms with Gasteiger partial charge in [-0.05, 0) is 24.5 Å². The molecule has 1 aliphatic heterocycles. The van der Waals surface area contributed by atoms with Gasteiger partial charge in [-0.15, -0.1) is 0 Å². The molecule has 0 fully saturated rings. The van der Waals surface area contributed by atoms with Gasteiger partial charge in [0.1, 0.15) is 11.6 Å². The van der Waals surface area contributed by atoms with Crippen LogP contribution in [-0.4, -0.2) is 16.5 Å². The number of benzene rings is 1. The molecule has 0 unspecified atom stereocenters. The normalized spacial score (nSPS) is 13.7. The summed E-state index contributed by atoms with van der Waals surface area (Å²) in [5, 5.41) is 3.87. The Kier molecular flexibility index (Phi) is 3.25. The molecule has 2 N–H and O–H groups in total. The van der Waals surface area contributed by atoms with E-state index in [0.29, 0.717) is 17.3 Å². The van der Waals surface area contributed by atoms with Crippen LogP contribution in [0.3, 0.4) is 0 Å². The second kappa shape index (κ2) is 5.05. The fourth-order valence-electron chi connectivity index (χ4n) is 2.30. The molecule has 1 aromatic carbocycles. The Morgan fingerprint density at radius 2 is 2.16 bits per heavy atom. The minimum absolute atomic E-state index is 0.0424. The third-order valence-electron chi connectivity index (χ3n) is 3.28. The SMILES string of the molecule is O=c1[nH]c(Cc2ccccc2Cl)nc2c1CCCN2. The third-order valence-corrected chi connectivity index (χ3v) is 3.64. The lowest BCUT2D eigenvalue weighted by Crippen LogP contribution is -2.25. The highest BCUT2D eigenvalue weighted by molar-refractivity contribution is 6.31. The summed E-state index contributed by atoms with van der Waals surface area (Å²) in [6.07, 6.45) is 2.29. The first-order valence-corrected chi connectivity index (χ1v) is 6.71. The van der Waals surface area contributed by atoms with E-state index in [9.17, 15) is 4.79 Å².